The smallest absolute Gasteiger partial charge is 0.386 e. The Morgan fingerprint density at radius 1 is 1.21 bits per heavy atom. The number of halogens is 1. The molecule has 0 saturated carbocycles. The number of alkyl halides is 1. The molecule has 0 aromatic rings. The number of hydrogen-bond acceptors (Lipinski definition) is 12. The van der Waals surface area contributed by atoms with Gasteiger partial charge in [0.15, 0.2) is 11.8 Å². The van der Waals surface area contributed by atoms with Crippen molar-refractivity contribution in [1.82, 2.24) is 10.2 Å². The van der Waals surface area contributed by atoms with Crippen LogP contribution < -0.4 is 5.32 Å². The lowest BCUT2D eigenvalue weighted by atomic mass is 9.87. The van der Waals surface area contributed by atoms with Gasteiger partial charge in [0, 0.05) is 12.3 Å². The van der Waals surface area contributed by atoms with Crippen molar-refractivity contribution < 1.29 is 71.3 Å². The number of aliphatic hydroxyl groups is 3. The normalized spacial score (nSPS) is 36.0. The number of aliphatic hydroxyl groups excluding tert-OH is 2. The van der Waals surface area contributed by atoms with E-state index in [4.69, 9.17) is 32.5 Å². The third kappa shape index (κ3) is 6.41. The number of carbonyl (C=O) groups is 1. The van der Waals surface area contributed by atoms with Crippen molar-refractivity contribution in [1.29, 1.82) is 0 Å². The fourth-order valence-corrected chi connectivity index (χ4v) is 6.16. The Kier molecular flexibility index (Phi) is 8.28. The standard InChI is InChI=1S/C12H18ClN2O15P3/c1-2-12(19)8(17)11(5-13,28-9(12)15-4-3-7(16)14-10(15)18)6-27-32(23,24)30-33(25,26)29-31(20,21)22/h1,3-4,8-10,17-19H,5-6H2,(H,14,16)(H,23,24)(H,25,26)(H2,20,21,22)/t8-,9-,10?,11-,12-/m1/s1. The van der Waals surface area contributed by atoms with E-state index in [0.29, 0.717) is 0 Å². The maximum absolute atomic E-state index is 12.0. The third-order valence-electron chi connectivity index (χ3n) is 4.21. The lowest BCUT2D eigenvalue weighted by Gasteiger charge is -2.38. The molecule has 1 saturated heterocycles. The number of phosphoric ester groups is 1. The number of nitrogens with one attached hydrogen (secondary N) is 1. The molecular weight excluding hydrogens is 541 g/mol. The van der Waals surface area contributed by atoms with Crippen molar-refractivity contribution in [2.75, 3.05) is 12.5 Å². The zero-order valence-electron chi connectivity index (χ0n) is 15.9. The average molecular weight is 559 g/mol. The van der Waals surface area contributed by atoms with E-state index in [1.54, 1.807) is 0 Å². The molecule has 3 unspecified atom stereocenters. The van der Waals surface area contributed by atoms with Crippen molar-refractivity contribution in [2.45, 2.75) is 29.9 Å². The van der Waals surface area contributed by atoms with Crippen molar-refractivity contribution in [3.63, 3.8) is 0 Å². The Morgan fingerprint density at radius 3 is 2.30 bits per heavy atom. The fourth-order valence-electron chi connectivity index (χ4n) is 2.79. The number of carbonyl (C=O) groups excluding carboxylic acids is 1. The number of nitrogens with zero attached hydrogens (tertiary/aromatic N) is 1. The van der Waals surface area contributed by atoms with Gasteiger partial charge in [-0.15, -0.1) is 18.0 Å². The minimum Gasteiger partial charge on any atom is -0.386 e. The van der Waals surface area contributed by atoms with Gasteiger partial charge in [-0.3, -0.25) is 9.32 Å². The van der Waals surface area contributed by atoms with Gasteiger partial charge in [0.1, 0.15) is 11.7 Å². The van der Waals surface area contributed by atoms with Crippen LogP contribution in [0.3, 0.4) is 0 Å². The SMILES string of the molecule is C#C[C@@]1(O)[C@H](O)[C@@](CCl)(COP(=O)(O)OP(=O)(O)OP(=O)(O)O)O[C@H]1N1C=CC(=O)NC1O. The highest BCUT2D eigenvalue weighted by Crippen LogP contribution is 2.66. The molecule has 17 nitrogen and oxygen atoms in total. The van der Waals surface area contributed by atoms with Crippen molar-refractivity contribution in [3.05, 3.63) is 12.3 Å². The van der Waals surface area contributed by atoms with Gasteiger partial charge < -0.3 is 49.8 Å². The van der Waals surface area contributed by atoms with E-state index in [-0.39, 0.29) is 0 Å². The second-order valence-corrected chi connectivity index (χ2v) is 11.2. The van der Waals surface area contributed by atoms with Gasteiger partial charge in [0.05, 0.1) is 12.5 Å². The molecule has 2 aliphatic rings. The van der Waals surface area contributed by atoms with Crippen LogP contribution in [0, 0.1) is 12.3 Å². The Hall–Kier alpha value is -0.890. The maximum atomic E-state index is 12.0. The van der Waals surface area contributed by atoms with Gasteiger partial charge in [-0.2, -0.15) is 8.62 Å². The predicted molar refractivity (Wildman–Crippen MR) is 103 cm³/mol. The summed E-state index contributed by atoms with van der Waals surface area (Å²) >= 11 is 5.80. The van der Waals surface area contributed by atoms with Crippen LogP contribution in [0.1, 0.15) is 0 Å². The van der Waals surface area contributed by atoms with E-state index in [1.807, 2.05) is 11.2 Å². The summed E-state index contributed by atoms with van der Waals surface area (Å²) in [6.45, 7) is -1.26. The summed E-state index contributed by atoms with van der Waals surface area (Å²) in [4.78, 5) is 48.0. The molecule has 188 valence electrons. The zero-order valence-corrected chi connectivity index (χ0v) is 19.4. The first kappa shape index (κ1) is 28.3. The highest BCUT2D eigenvalue weighted by atomic mass is 35.5. The van der Waals surface area contributed by atoms with Crippen molar-refractivity contribution in [3.8, 4) is 12.3 Å². The lowest BCUT2D eigenvalue weighted by Crippen LogP contribution is -2.60. The van der Waals surface area contributed by atoms with Crippen LogP contribution in [0.4, 0.5) is 0 Å². The summed E-state index contributed by atoms with van der Waals surface area (Å²) in [5.41, 5.74) is -4.99. The molecule has 7 atom stereocenters. The molecule has 0 spiro atoms. The summed E-state index contributed by atoms with van der Waals surface area (Å²) in [5.74, 6) is 0.307. The van der Waals surface area contributed by atoms with Crippen LogP contribution >= 0.6 is 35.1 Å². The molecule has 1 fully saturated rings. The van der Waals surface area contributed by atoms with Crippen LogP contribution in [0.25, 0.3) is 0 Å². The molecule has 0 aromatic carbocycles. The monoisotopic (exact) mass is 558 g/mol. The topological polar surface area (TPSA) is 262 Å². The summed E-state index contributed by atoms with van der Waals surface area (Å²) in [7, 11) is -17.1. The quantitative estimate of drug-likeness (QED) is 0.0833. The largest absolute Gasteiger partial charge is 0.490 e. The van der Waals surface area contributed by atoms with E-state index < -0.39 is 71.7 Å². The Balaban J connectivity index is 2.27. The highest BCUT2D eigenvalue weighted by molar-refractivity contribution is 7.66. The molecule has 21 heteroatoms. The molecule has 0 radical (unpaired) electrons. The Morgan fingerprint density at radius 2 is 1.82 bits per heavy atom. The maximum Gasteiger partial charge on any atom is 0.490 e. The van der Waals surface area contributed by atoms with Gasteiger partial charge in [0.25, 0.3) is 0 Å². The lowest BCUT2D eigenvalue weighted by molar-refractivity contribution is -0.177. The Labute approximate surface area is 189 Å². The van der Waals surface area contributed by atoms with E-state index in [0.717, 1.165) is 17.2 Å². The molecule has 0 aromatic heterocycles. The number of amides is 1. The molecule has 1 amide bonds. The van der Waals surface area contributed by atoms with Crippen LogP contribution in [0.15, 0.2) is 12.3 Å². The summed E-state index contributed by atoms with van der Waals surface area (Å²) in [6.07, 6.45) is 1.34. The van der Waals surface area contributed by atoms with Gasteiger partial charge in [0.2, 0.25) is 12.3 Å². The van der Waals surface area contributed by atoms with Crippen LogP contribution in [0.5, 0.6) is 0 Å². The van der Waals surface area contributed by atoms with Crippen molar-refractivity contribution >= 4 is 41.0 Å². The average Bonchev–Trinajstić information content (AvgIpc) is 2.86. The predicted octanol–water partition coefficient (Wildman–Crippen LogP) is -2.39. The molecule has 2 heterocycles. The first-order chi connectivity index (χ1) is 14.9. The third-order valence-corrected chi connectivity index (χ3v) is 8.44. The molecule has 2 aliphatic heterocycles. The first-order valence-corrected chi connectivity index (χ1v) is 13.3. The first-order valence-electron chi connectivity index (χ1n) is 8.25. The number of ether oxygens (including phenoxy) is 1. The number of hydrogen-bond donors (Lipinski definition) is 8. The number of phosphoric acid groups is 3. The molecule has 0 bridgehead atoms. The molecule has 8 N–H and O–H groups in total. The van der Waals surface area contributed by atoms with Crippen LogP contribution in [0.2, 0.25) is 0 Å². The van der Waals surface area contributed by atoms with E-state index in [1.165, 1.54) is 0 Å². The summed E-state index contributed by atoms with van der Waals surface area (Å²) < 4.78 is 51.1. The summed E-state index contributed by atoms with van der Waals surface area (Å²) in [6, 6.07) is 0. The minimum absolute atomic E-state index is 0.724. The molecule has 0 aliphatic carbocycles. The zero-order chi connectivity index (χ0) is 25.5. The second kappa shape index (κ2) is 9.63. The van der Waals surface area contributed by atoms with Crippen LogP contribution in [-0.2, 0) is 36.4 Å². The van der Waals surface area contributed by atoms with Gasteiger partial charge in [-0.05, 0) is 0 Å². The van der Waals surface area contributed by atoms with Gasteiger partial charge in [-0.25, -0.2) is 13.7 Å². The summed E-state index contributed by atoms with van der Waals surface area (Å²) in [5, 5.41) is 33.5. The van der Waals surface area contributed by atoms with Crippen molar-refractivity contribution in [2.24, 2.45) is 0 Å². The van der Waals surface area contributed by atoms with Crippen LogP contribution in [-0.4, -0.2) is 88.1 Å². The molecular formula is C12H18ClN2O15P3. The minimum atomic E-state index is -5.83. The number of rotatable bonds is 9. The Bertz CT molecular complexity index is 997. The van der Waals surface area contributed by atoms with E-state index in [9.17, 15) is 43.6 Å². The van der Waals surface area contributed by atoms with E-state index >= 15 is 0 Å². The van der Waals surface area contributed by atoms with Gasteiger partial charge >= 0.3 is 23.5 Å². The molecule has 2 rings (SSSR count). The second-order valence-electron chi connectivity index (χ2n) is 6.55. The molecule has 33 heavy (non-hydrogen) atoms. The highest BCUT2D eigenvalue weighted by Gasteiger charge is 2.65. The van der Waals surface area contributed by atoms with Gasteiger partial charge in [-0.1, -0.05) is 5.92 Å². The fraction of sp³-hybridized carbons (Fsp3) is 0.583. The van der Waals surface area contributed by atoms with E-state index in [2.05, 4.69) is 13.1 Å². The number of terminal acetylenes is 1.